The molecule has 0 atom stereocenters. The summed E-state index contributed by atoms with van der Waals surface area (Å²) in [6.07, 6.45) is 3.16. The lowest BCUT2D eigenvalue weighted by molar-refractivity contribution is 1.02. The molecule has 0 saturated carbocycles. The van der Waals surface area contributed by atoms with Crippen LogP contribution in [0.25, 0.3) is 0 Å². The van der Waals surface area contributed by atoms with Crippen LogP contribution in [0.15, 0.2) is 24.3 Å². The minimum atomic E-state index is 0.726. The molecule has 1 rings (SSSR count). The number of rotatable bonds is 3. The van der Waals surface area contributed by atoms with E-state index in [1.165, 1.54) is 5.56 Å². The van der Waals surface area contributed by atoms with Gasteiger partial charge in [-0.15, -0.1) is 0 Å². The van der Waals surface area contributed by atoms with Crippen molar-refractivity contribution < 1.29 is 0 Å². The Bertz CT molecular complexity index is 312. The largest absolute Gasteiger partial charge is 0.280 e. The molecule has 0 saturated heterocycles. The zero-order chi connectivity index (χ0) is 9.68. The summed E-state index contributed by atoms with van der Waals surface area (Å²) in [5.74, 6) is 0. The zero-order valence-electron chi connectivity index (χ0n) is 8.12. The van der Waals surface area contributed by atoms with Gasteiger partial charge in [-0.25, -0.2) is 0 Å². The number of hydrogen-bond acceptors (Lipinski definition) is 2. The van der Waals surface area contributed by atoms with E-state index in [1.54, 1.807) is 4.90 Å². The molecular weight excluding hydrogens is 160 g/mol. The van der Waals surface area contributed by atoms with E-state index in [9.17, 15) is 0 Å². The van der Waals surface area contributed by atoms with Crippen LogP contribution in [0.5, 0.6) is 0 Å². The molecule has 1 aromatic carbocycles. The molecule has 1 aromatic rings. The number of nitrogens with zero attached hydrogens (tertiary/aromatic N) is 2. The zero-order valence-corrected chi connectivity index (χ0v) is 8.12. The van der Waals surface area contributed by atoms with E-state index in [-0.39, 0.29) is 0 Å². The first kappa shape index (κ1) is 9.60. The Morgan fingerprint density at radius 1 is 1.38 bits per heavy atom. The molecule has 0 aliphatic heterocycles. The highest BCUT2D eigenvalue weighted by molar-refractivity contribution is 5.51. The Labute approximate surface area is 79.4 Å². The molecule has 0 radical (unpaired) electrons. The van der Waals surface area contributed by atoms with Crippen LogP contribution in [0, 0.1) is 11.5 Å². The molecule has 0 unspecified atom stereocenters. The summed E-state index contributed by atoms with van der Waals surface area (Å²) in [6, 6.07) is 8.10. The maximum atomic E-state index is 8.82. The summed E-state index contributed by atoms with van der Waals surface area (Å²) < 4.78 is 0. The van der Waals surface area contributed by atoms with Gasteiger partial charge in [0.05, 0.1) is 5.69 Å². The van der Waals surface area contributed by atoms with Crippen molar-refractivity contribution in [2.24, 2.45) is 0 Å². The maximum absolute atomic E-state index is 8.82. The predicted molar refractivity (Wildman–Crippen MR) is 54.5 cm³/mol. The van der Waals surface area contributed by atoms with E-state index >= 15 is 0 Å². The number of hydrogen-bond donors (Lipinski definition) is 0. The highest BCUT2D eigenvalue weighted by Crippen LogP contribution is 2.15. The number of aryl methyl sites for hydroxylation is 1. The van der Waals surface area contributed by atoms with E-state index in [0.29, 0.717) is 0 Å². The van der Waals surface area contributed by atoms with Gasteiger partial charge < -0.3 is 0 Å². The third-order valence-electron chi connectivity index (χ3n) is 2.07. The summed E-state index contributed by atoms with van der Waals surface area (Å²) in [6.45, 7) is 4.81. The van der Waals surface area contributed by atoms with Crippen LogP contribution >= 0.6 is 0 Å². The average Bonchev–Trinajstić information content (AvgIpc) is 2.20. The quantitative estimate of drug-likeness (QED) is 0.520. The molecule has 13 heavy (non-hydrogen) atoms. The van der Waals surface area contributed by atoms with Gasteiger partial charge in [0, 0.05) is 6.54 Å². The fraction of sp³-hybridized carbons (Fsp3) is 0.364. The van der Waals surface area contributed by atoms with Gasteiger partial charge in [-0.1, -0.05) is 19.1 Å². The van der Waals surface area contributed by atoms with Gasteiger partial charge in [0.15, 0.2) is 6.19 Å². The molecule has 2 nitrogen and oxygen atoms in total. The molecule has 0 amide bonds. The SMILES string of the molecule is CCc1cccc(N(C#N)CC)c1. The predicted octanol–water partition coefficient (Wildman–Crippen LogP) is 2.56. The molecule has 68 valence electrons. The highest BCUT2D eigenvalue weighted by atomic mass is 15.1. The summed E-state index contributed by atoms with van der Waals surface area (Å²) >= 11 is 0. The van der Waals surface area contributed by atoms with Gasteiger partial charge in [-0.05, 0) is 31.0 Å². The van der Waals surface area contributed by atoms with Crippen molar-refractivity contribution in [2.75, 3.05) is 11.4 Å². The Balaban J connectivity index is 2.94. The molecular formula is C11H14N2. The van der Waals surface area contributed by atoms with E-state index < -0.39 is 0 Å². The molecule has 0 aromatic heterocycles. The smallest absolute Gasteiger partial charge is 0.184 e. The van der Waals surface area contributed by atoms with Gasteiger partial charge >= 0.3 is 0 Å². The summed E-state index contributed by atoms with van der Waals surface area (Å²) in [7, 11) is 0. The second-order valence-corrected chi connectivity index (χ2v) is 2.87. The maximum Gasteiger partial charge on any atom is 0.184 e. The van der Waals surface area contributed by atoms with Crippen LogP contribution < -0.4 is 4.90 Å². The molecule has 0 aliphatic carbocycles. The number of benzene rings is 1. The minimum Gasteiger partial charge on any atom is -0.280 e. The molecule has 0 N–H and O–H groups in total. The standard InChI is InChI=1S/C11H14N2/c1-3-10-6-5-7-11(8-10)13(4-2)9-12/h5-8H,3-4H2,1-2H3. The summed E-state index contributed by atoms with van der Waals surface area (Å²) in [4.78, 5) is 1.68. The van der Waals surface area contributed by atoms with Crippen molar-refractivity contribution in [1.82, 2.24) is 0 Å². The van der Waals surface area contributed by atoms with Gasteiger partial charge in [0.25, 0.3) is 0 Å². The third kappa shape index (κ3) is 2.22. The van der Waals surface area contributed by atoms with Crippen molar-refractivity contribution in [3.8, 4) is 6.19 Å². The first-order valence-corrected chi connectivity index (χ1v) is 4.58. The van der Waals surface area contributed by atoms with Gasteiger partial charge in [0.2, 0.25) is 0 Å². The van der Waals surface area contributed by atoms with E-state index in [1.807, 2.05) is 19.1 Å². The fourth-order valence-electron chi connectivity index (χ4n) is 1.26. The Morgan fingerprint density at radius 3 is 2.69 bits per heavy atom. The lowest BCUT2D eigenvalue weighted by Gasteiger charge is -2.13. The average molecular weight is 174 g/mol. The minimum absolute atomic E-state index is 0.726. The normalized spacial score (nSPS) is 9.31. The first-order valence-electron chi connectivity index (χ1n) is 4.58. The van der Waals surface area contributed by atoms with Crippen molar-refractivity contribution in [3.63, 3.8) is 0 Å². The number of nitriles is 1. The first-order chi connectivity index (χ1) is 6.31. The molecule has 0 aliphatic rings. The summed E-state index contributed by atoms with van der Waals surface area (Å²) in [5.41, 5.74) is 2.26. The third-order valence-corrected chi connectivity index (χ3v) is 2.07. The second kappa shape index (κ2) is 4.51. The number of anilines is 1. The van der Waals surface area contributed by atoms with Crippen molar-refractivity contribution in [1.29, 1.82) is 5.26 Å². The highest BCUT2D eigenvalue weighted by Gasteiger charge is 2.01. The van der Waals surface area contributed by atoms with Gasteiger partial charge in [-0.2, -0.15) is 5.26 Å². The monoisotopic (exact) mass is 174 g/mol. The van der Waals surface area contributed by atoms with Crippen molar-refractivity contribution >= 4 is 5.69 Å². The molecule has 0 spiro atoms. The van der Waals surface area contributed by atoms with Gasteiger partial charge in [0.1, 0.15) is 0 Å². The Morgan fingerprint density at radius 2 is 2.15 bits per heavy atom. The van der Waals surface area contributed by atoms with E-state index in [2.05, 4.69) is 25.2 Å². The Hall–Kier alpha value is -1.49. The van der Waals surface area contributed by atoms with Crippen molar-refractivity contribution in [3.05, 3.63) is 29.8 Å². The van der Waals surface area contributed by atoms with Crippen molar-refractivity contribution in [2.45, 2.75) is 20.3 Å². The lowest BCUT2D eigenvalue weighted by Crippen LogP contribution is -2.14. The molecule has 0 fully saturated rings. The van der Waals surface area contributed by atoms with Crippen LogP contribution in [0.3, 0.4) is 0 Å². The van der Waals surface area contributed by atoms with E-state index in [0.717, 1.165) is 18.7 Å². The Kier molecular flexibility index (Phi) is 3.33. The van der Waals surface area contributed by atoms with Crippen LogP contribution in [0.4, 0.5) is 5.69 Å². The molecule has 0 bridgehead atoms. The second-order valence-electron chi connectivity index (χ2n) is 2.87. The van der Waals surface area contributed by atoms with Crippen LogP contribution in [0.1, 0.15) is 19.4 Å². The van der Waals surface area contributed by atoms with E-state index in [4.69, 9.17) is 5.26 Å². The topological polar surface area (TPSA) is 27.0 Å². The summed E-state index contributed by atoms with van der Waals surface area (Å²) in [5, 5.41) is 8.82. The van der Waals surface area contributed by atoms with Crippen LogP contribution in [0.2, 0.25) is 0 Å². The van der Waals surface area contributed by atoms with Crippen LogP contribution in [-0.4, -0.2) is 6.54 Å². The molecule has 2 heteroatoms. The lowest BCUT2D eigenvalue weighted by atomic mass is 10.1. The fourth-order valence-corrected chi connectivity index (χ4v) is 1.26. The van der Waals surface area contributed by atoms with Crippen LogP contribution in [-0.2, 0) is 6.42 Å². The molecule has 0 heterocycles. The van der Waals surface area contributed by atoms with Gasteiger partial charge in [-0.3, -0.25) is 4.90 Å².